The van der Waals surface area contributed by atoms with Gasteiger partial charge in [-0.3, -0.25) is 4.79 Å². The number of piperidine rings is 1. The number of aryl methyl sites for hydroxylation is 1. The Kier molecular flexibility index (Phi) is 7.36. The molecule has 2 atom stereocenters. The zero-order valence-electron chi connectivity index (χ0n) is 20.3. The van der Waals surface area contributed by atoms with Crippen LogP contribution in [0.3, 0.4) is 0 Å². The minimum Gasteiger partial charge on any atom is -0.483 e. The van der Waals surface area contributed by atoms with Crippen LogP contribution in [0.1, 0.15) is 75.0 Å². The molecule has 3 heterocycles. The number of fused-ring (bicyclic) bond motifs is 5. The van der Waals surface area contributed by atoms with Crippen molar-refractivity contribution in [1.29, 1.82) is 0 Å². The molecule has 1 amide bonds. The summed E-state index contributed by atoms with van der Waals surface area (Å²) in [6, 6.07) is 3.38. The van der Waals surface area contributed by atoms with E-state index in [4.69, 9.17) is 9.47 Å². The van der Waals surface area contributed by atoms with Crippen molar-refractivity contribution in [2.75, 3.05) is 19.8 Å². The molecule has 0 spiro atoms. The van der Waals surface area contributed by atoms with E-state index in [9.17, 15) is 13.2 Å². The third kappa shape index (κ3) is 5.23. The van der Waals surface area contributed by atoms with Crippen molar-refractivity contribution in [2.45, 2.75) is 95.6 Å². The van der Waals surface area contributed by atoms with Crippen molar-refractivity contribution < 1.29 is 22.7 Å². The average Bonchev–Trinajstić information content (AvgIpc) is 2.80. The summed E-state index contributed by atoms with van der Waals surface area (Å²) >= 11 is 0. The average molecular weight is 479 g/mol. The second-order valence-electron chi connectivity index (χ2n) is 10.1. The Bertz CT molecular complexity index is 969. The van der Waals surface area contributed by atoms with E-state index in [0.29, 0.717) is 25.5 Å². The van der Waals surface area contributed by atoms with Crippen molar-refractivity contribution in [3.05, 3.63) is 28.8 Å². The molecule has 184 valence electrons. The molecular formula is C25H38N2O5S. The van der Waals surface area contributed by atoms with Crippen molar-refractivity contribution in [2.24, 2.45) is 0 Å². The van der Waals surface area contributed by atoms with Crippen LogP contribution in [0.5, 0.6) is 5.75 Å². The van der Waals surface area contributed by atoms with E-state index in [2.05, 4.69) is 24.6 Å². The molecule has 1 unspecified atom stereocenters. The first-order chi connectivity index (χ1) is 15.7. The number of benzene rings is 1. The highest BCUT2D eigenvalue weighted by molar-refractivity contribution is 7.90. The van der Waals surface area contributed by atoms with E-state index >= 15 is 0 Å². The molecule has 0 radical (unpaired) electrons. The molecule has 3 aliphatic heterocycles. The standard InChI is InChI=1S/C25H38N2O5S/c1-16(2)33(29,30)26-21-6-5-13-27-22(21)14-31-20-10-8-19(9-11-20)25-18(4)17(3)7-12-23(25)32-15-24(27)28/h7,12,16,19-22,26H,5-6,8-11,13-15H2,1-4H3/t19?,20?,21-,22?/m0/s1. The first-order valence-corrected chi connectivity index (χ1v) is 13.9. The number of hydrogen-bond donors (Lipinski definition) is 1. The summed E-state index contributed by atoms with van der Waals surface area (Å²) in [4.78, 5) is 15.1. The molecule has 4 aliphatic rings. The van der Waals surface area contributed by atoms with Crippen LogP contribution in [0.25, 0.3) is 0 Å². The van der Waals surface area contributed by atoms with E-state index < -0.39 is 15.3 Å². The SMILES string of the molecule is Cc1ccc2c(c1C)C1CCC(CC1)OCC1[C@@H](NS(=O)(=O)C(C)C)CCCN1C(=O)CO2. The Labute approximate surface area is 198 Å². The number of rotatable bonds is 3. The largest absolute Gasteiger partial charge is 0.483 e. The van der Waals surface area contributed by atoms with Crippen LogP contribution in [0, 0.1) is 13.8 Å². The van der Waals surface area contributed by atoms with Crippen LogP contribution in [0.2, 0.25) is 0 Å². The first-order valence-electron chi connectivity index (χ1n) is 12.3. The van der Waals surface area contributed by atoms with E-state index in [1.165, 1.54) is 16.7 Å². The first kappa shape index (κ1) is 24.5. The highest BCUT2D eigenvalue weighted by atomic mass is 32.2. The van der Waals surface area contributed by atoms with Crippen LogP contribution in [-0.2, 0) is 19.6 Å². The second-order valence-corrected chi connectivity index (χ2v) is 12.4. The maximum Gasteiger partial charge on any atom is 0.260 e. The quantitative estimate of drug-likeness (QED) is 0.720. The van der Waals surface area contributed by atoms with Gasteiger partial charge in [0.2, 0.25) is 10.0 Å². The van der Waals surface area contributed by atoms with Crippen LogP contribution in [-0.4, -0.2) is 62.4 Å². The lowest BCUT2D eigenvalue weighted by Gasteiger charge is -2.42. The molecular weight excluding hydrogens is 440 g/mol. The van der Waals surface area contributed by atoms with Crippen molar-refractivity contribution in [3.8, 4) is 5.75 Å². The maximum atomic E-state index is 13.3. The van der Waals surface area contributed by atoms with E-state index in [-0.39, 0.29) is 30.7 Å². The van der Waals surface area contributed by atoms with Crippen LogP contribution >= 0.6 is 0 Å². The lowest BCUT2D eigenvalue weighted by molar-refractivity contribution is -0.140. The normalized spacial score (nSPS) is 28.9. The summed E-state index contributed by atoms with van der Waals surface area (Å²) in [6.07, 6.45) is 5.54. The second kappa shape index (κ2) is 9.92. The number of nitrogens with zero attached hydrogens (tertiary/aromatic N) is 1. The Morgan fingerprint density at radius 1 is 1.09 bits per heavy atom. The van der Waals surface area contributed by atoms with Crippen LogP contribution < -0.4 is 9.46 Å². The molecule has 0 aromatic heterocycles. The smallest absolute Gasteiger partial charge is 0.260 e. The zero-order valence-corrected chi connectivity index (χ0v) is 21.1. The number of hydrogen-bond acceptors (Lipinski definition) is 5. The molecule has 1 N–H and O–H groups in total. The Morgan fingerprint density at radius 3 is 2.52 bits per heavy atom. The number of amides is 1. The van der Waals surface area contributed by atoms with E-state index in [1.807, 2.05) is 6.07 Å². The van der Waals surface area contributed by atoms with Gasteiger partial charge in [0.15, 0.2) is 6.61 Å². The molecule has 1 aromatic rings. The third-order valence-electron chi connectivity index (χ3n) is 7.72. The number of sulfonamides is 1. The van der Waals surface area contributed by atoms with Gasteiger partial charge in [0.1, 0.15) is 5.75 Å². The maximum absolute atomic E-state index is 13.3. The summed E-state index contributed by atoms with van der Waals surface area (Å²) in [5.41, 5.74) is 3.72. The fourth-order valence-corrected chi connectivity index (χ4v) is 6.45. The number of carbonyl (C=O) groups excluding carboxylic acids is 1. The van der Waals surface area contributed by atoms with Gasteiger partial charge in [0.25, 0.3) is 5.91 Å². The molecule has 2 bridgehead atoms. The Balaban J connectivity index is 1.63. The lowest BCUT2D eigenvalue weighted by atomic mass is 9.80. The molecule has 2 fully saturated rings. The van der Waals surface area contributed by atoms with Crippen LogP contribution in [0.4, 0.5) is 0 Å². The van der Waals surface area contributed by atoms with Gasteiger partial charge in [-0.05, 0) is 89.3 Å². The fraction of sp³-hybridized carbons (Fsp3) is 0.720. The van der Waals surface area contributed by atoms with Gasteiger partial charge >= 0.3 is 0 Å². The lowest BCUT2D eigenvalue weighted by Crippen LogP contribution is -2.60. The van der Waals surface area contributed by atoms with Gasteiger partial charge in [-0.2, -0.15) is 0 Å². The number of ether oxygens (including phenoxy) is 2. The third-order valence-corrected chi connectivity index (χ3v) is 9.59. The van der Waals surface area contributed by atoms with Gasteiger partial charge in [-0.1, -0.05) is 6.07 Å². The summed E-state index contributed by atoms with van der Waals surface area (Å²) in [5, 5.41) is -0.527. The molecule has 1 aliphatic carbocycles. The van der Waals surface area contributed by atoms with Crippen molar-refractivity contribution in [3.63, 3.8) is 0 Å². The summed E-state index contributed by atoms with van der Waals surface area (Å²) in [7, 11) is -3.46. The Morgan fingerprint density at radius 2 is 1.82 bits per heavy atom. The van der Waals surface area contributed by atoms with Crippen LogP contribution in [0.15, 0.2) is 12.1 Å². The van der Waals surface area contributed by atoms with Gasteiger partial charge < -0.3 is 14.4 Å². The molecule has 1 saturated heterocycles. The topological polar surface area (TPSA) is 84.9 Å². The van der Waals surface area contributed by atoms with Gasteiger partial charge in [0.05, 0.1) is 24.0 Å². The van der Waals surface area contributed by atoms with Gasteiger partial charge in [-0.25, -0.2) is 13.1 Å². The predicted molar refractivity (Wildman–Crippen MR) is 128 cm³/mol. The van der Waals surface area contributed by atoms with Crippen molar-refractivity contribution >= 4 is 15.9 Å². The highest BCUT2D eigenvalue weighted by Crippen LogP contribution is 2.41. The monoisotopic (exact) mass is 478 g/mol. The Hall–Kier alpha value is -1.64. The van der Waals surface area contributed by atoms with E-state index in [1.54, 1.807) is 18.7 Å². The van der Waals surface area contributed by atoms with Gasteiger partial charge in [-0.15, -0.1) is 0 Å². The molecule has 7 nitrogen and oxygen atoms in total. The zero-order chi connectivity index (χ0) is 23.8. The summed E-state index contributed by atoms with van der Waals surface area (Å²) in [6.45, 7) is 8.48. The molecule has 1 saturated carbocycles. The molecule has 1 aromatic carbocycles. The minimum atomic E-state index is -3.46. The van der Waals surface area contributed by atoms with Gasteiger partial charge in [0, 0.05) is 18.2 Å². The molecule has 8 heteroatoms. The minimum absolute atomic E-state index is 0.0498. The predicted octanol–water partition coefficient (Wildman–Crippen LogP) is 3.43. The van der Waals surface area contributed by atoms with E-state index in [0.717, 1.165) is 37.9 Å². The fourth-order valence-electron chi connectivity index (χ4n) is 5.48. The summed E-state index contributed by atoms with van der Waals surface area (Å²) in [5.74, 6) is 1.09. The molecule has 33 heavy (non-hydrogen) atoms. The summed E-state index contributed by atoms with van der Waals surface area (Å²) < 4.78 is 40.6. The van der Waals surface area contributed by atoms with Crippen molar-refractivity contribution in [1.82, 2.24) is 9.62 Å². The molecule has 5 rings (SSSR count). The number of nitrogens with one attached hydrogen (secondary N) is 1. The highest BCUT2D eigenvalue weighted by Gasteiger charge is 2.38. The number of carbonyl (C=O) groups is 1.